The summed E-state index contributed by atoms with van der Waals surface area (Å²) in [5.41, 5.74) is 5.98. The van der Waals surface area contributed by atoms with Gasteiger partial charge in [-0.25, -0.2) is 0 Å². The number of carbonyl (C=O) groups is 1. The summed E-state index contributed by atoms with van der Waals surface area (Å²) in [5.74, 6) is 2.62. The minimum atomic E-state index is -0.0291. The predicted octanol–water partition coefficient (Wildman–Crippen LogP) is 5.34. The number of Topliss-reactive ketones (excluding diaryl/α,β-unsaturated/α-hetero) is 1. The summed E-state index contributed by atoms with van der Waals surface area (Å²) in [6.45, 7) is 4.51. The molecule has 0 bridgehead atoms. The summed E-state index contributed by atoms with van der Waals surface area (Å²) in [6.07, 6.45) is 5.67. The lowest BCUT2D eigenvalue weighted by molar-refractivity contribution is -0.121. The van der Waals surface area contributed by atoms with E-state index in [1.54, 1.807) is 14.2 Å². The smallest absolute Gasteiger partial charge is 0.161 e. The van der Waals surface area contributed by atoms with Crippen molar-refractivity contribution in [1.29, 1.82) is 0 Å². The second-order valence-electron chi connectivity index (χ2n) is 10.3. The molecule has 1 saturated carbocycles. The van der Waals surface area contributed by atoms with Gasteiger partial charge in [0.25, 0.3) is 0 Å². The molecule has 3 atom stereocenters. The number of para-hydroxylation sites is 1. The number of piperidine rings is 1. The number of fused-ring (bicyclic) bond motifs is 6. The summed E-state index contributed by atoms with van der Waals surface area (Å²) < 4.78 is 10.8. The van der Waals surface area contributed by atoms with Crippen LogP contribution in [0.25, 0.3) is 17.0 Å². The number of hydrogen-bond acceptors (Lipinski definition) is 4. The quantitative estimate of drug-likeness (QED) is 0.541. The lowest BCUT2D eigenvalue weighted by Gasteiger charge is -2.54. The molecule has 1 saturated heterocycles. The van der Waals surface area contributed by atoms with Crippen molar-refractivity contribution in [2.45, 2.75) is 38.1 Å². The molecular formula is C29H32N2O3. The largest absolute Gasteiger partial charge is 0.493 e. The summed E-state index contributed by atoms with van der Waals surface area (Å²) in [6, 6.07) is 14.5. The molecule has 1 N–H and O–H groups in total. The molecule has 176 valence electrons. The van der Waals surface area contributed by atoms with Crippen LogP contribution in [-0.2, 0) is 16.8 Å². The highest BCUT2D eigenvalue weighted by Crippen LogP contribution is 2.50. The number of H-pyrrole nitrogens is 1. The monoisotopic (exact) mass is 456 g/mol. The Morgan fingerprint density at radius 1 is 1.06 bits per heavy atom. The molecule has 6 rings (SSSR count). The molecule has 3 aromatic rings. The van der Waals surface area contributed by atoms with E-state index in [1.165, 1.54) is 22.2 Å². The molecule has 5 nitrogen and oxygen atoms in total. The third kappa shape index (κ3) is 3.29. The number of hydrogen-bond donors (Lipinski definition) is 1. The second kappa shape index (κ2) is 8.02. The van der Waals surface area contributed by atoms with E-state index in [9.17, 15) is 4.79 Å². The molecule has 1 aromatic heterocycles. The van der Waals surface area contributed by atoms with Crippen LogP contribution < -0.4 is 9.47 Å². The van der Waals surface area contributed by atoms with Crippen molar-refractivity contribution in [3.63, 3.8) is 0 Å². The van der Waals surface area contributed by atoms with E-state index >= 15 is 0 Å². The zero-order chi connectivity index (χ0) is 23.4. The Morgan fingerprint density at radius 3 is 2.71 bits per heavy atom. The number of rotatable bonds is 3. The first kappa shape index (κ1) is 21.5. The van der Waals surface area contributed by atoms with E-state index in [2.05, 4.69) is 47.1 Å². The van der Waals surface area contributed by atoms with Gasteiger partial charge in [-0.1, -0.05) is 24.3 Å². The maximum absolute atomic E-state index is 13.2. The average molecular weight is 457 g/mol. The topological polar surface area (TPSA) is 54.6 Å². The molecule has 3 aliphatic rings. The van der Waals surface area contributed by atoms with Gasteiger partial charge in [0.15, 0.2) is 17.3 Å². The number of methoxy groups -OCH3 is 2. The fourth-order valence-electron chi connectivity index (χ4n) is 6.72. The number of nitrogens with zero attached hydrogens (tertiary/aromatic N) is 1. The Kier molecular flexibility index (Phi) is 5.07. The Balaban J connectivity index is 1.28. The highest BCUT2D eigenvalue weighted by molar-refractivity contribution is 6.00. The predicted molar refractivity (Wildman–Crippen MR) is 134 cm³/mol. The third-order valence-corrected chi connectivity index (χ3v) is 8.50. The first-order chi connectivity index (χ1) is 16.5. The normalized spacial score (nSPS) is 27.9. The van der Waals surface area contributed by atoms with Gasteiger partial charge in [0.05, 0.1) is 19.8 Å². The molecule has 3 heterocycles. The van der Waals surface area contributed by atoms with Crippen LogP contribution in [0, 0.1) is 11.8 Å². The molecule has 34 heavy (non-hydrogen) atoms. The average Bonchev–Trinajstić information content (AvgIpc) is 3.23. The first-order valence-corrected chi connectivity index (χ1v) is 12.3. The van der Waals surface area contributed by atoms with Crippen molar-refractivity contribution in [2.75, 3.05) is 27.3 Å². The second-order valence-corrected chi connectivity index (χ2v) is 10.3. The minimum absolute atomic E-state index is 0.0291. The van der Waals surface area contributed by atoms with Gasteiger partial charge in [0.1, 0.15) is 0 Å². The van der Waals surface area contributed by atoms with E-state index in [-0.39, 0.29) is 5.54 Å². The molecule has 0 amide bonds. The fourth-order valence-corrected chi connectivity index (χ4v) is 6.72. The molecule has 5 heteroatoms. The van der Waals surface area contributed by atoms with Crippen LogP contribution in [-0.4, -0.2) is 43.0 Å². The Hall–Kier alpha value is -3.05. The minimum Gasteiger partial charge on any atom is -0.493 e. The maximum Gasteiger partial charge on any atom is 0.161 e. The van der Waals surface area contributed by atoms with E-state index in [4.69, 9.17) is 9.47 Å². The molecular weight excluding hydrogens is 424 g/mol. The van der Waals surface area contributed by atoms with Crippen molar-refractivity contribution in [2.24, 2.45) is 11.8 Å². The van der Waals surface area contributed by atoms with Crippen LogP contribution in [0.1, 0.15) is 43.0 Å². The summed E-state index contributed by atoms with van der Waals surface area (Å²) in [5, 5.41) is 1.36. The van der Waals surface area contributed by atoms with Crippen LogP contribution in [0.2, 0.25) is 0 Å². The maximum atomic E-state index is 13.2. The number of allylic oxidation sites excluding steroid dienone is 1. The Morgan fingerprint density at radius 2 is 1.88 bits per heavy atom. The third-order valence-electron chi connectivity index (χ3n) is 8.50. The van der Waals surface area contributed by atoms with Gasteiger partial charge >= 0.3 is 0 Å². The van der Waals surface area contributed by atoms with Crippen LogP contribution >= 0.6 is 0 Å². The number of aromatic nitrogens is 1. The number of ketones is 1. The molecule has 2 aromatic carbocycles. The number of aromatic amines is 1. The summed E-state index contributed by atoms with van der Waals surface area (Å²) in [4.78, 5) is 19.7. The lowest BCUT2D eigenvalue weighted by Crippen LogP contribution is -2.57. The number of nitrogens with one attached hydrogen (secondary N) is 1. The number of carbonyl (C=O) groups excluding carboxylic acids is 1. The van der Waals surface area contributed by atoms with Crippen LogP contribution in [0.15, 0.2) is 48.0 Å². The fraction of sp³-hybridized carbons (Fsp3) is 0.414. The van der Waals surface area contributed by atoms with Crippen molar-refractivity contribution < 1.29 is 14.3 Å². The summed E-state index contributed by atoms with van der Waals surface area (Å²) in [7, 11) is 3.28. The molecule has 1 aliphatic carbocycles. The van der Waals surface area contributed by atoms with Gasteiger partial charge in [-0.3, -0.25) is 9.69 Å². The van der Waals surface area contributed by atoms with E-state index in [1.807, 2.05) is 18.2 Å². The van der Waals surface area contributed by atoms with Gasteiger partial charge in [0.2, 0.25) is 0 Å². The molecule has 2 aliphatic heterocycles. The molecule has 0 spiro atoms. The van der Waals surface area contributed by atoms with Crippen LogP contribution in [0.4, 0.5) is 0 Å². The standard InChI is InChI=1S/C29H32N2O3/c1-29-16-20-15-25(32)19(12-18-8-9-26(33-2)27(13-18)34-3)14-21(20)17-31(29)11-10-23-22-6-4-5-7-24(22)30-28(23)29/h4-9,12-13,20-21,30H,10-11,14-17H2,1-3H3/b19-12+/t20?,21?,29-/m0/s1. The van der Waals surface area contributed by atoms with Crippen molar-refractivity contribution in [3.8, 4) is 11.5 Å². The van der Waals surface area contributed by atoms with Crippen molar-refractivity contribution >= 4 is 22.8 Å². The Labute approximate surface area is 200 Å². The molecule has 0 radical (unpaired) electrons. The highest BCUT2D eigenvalue weighted by Gasteiger charge is 2.49. The lowest BCUT2D eigenvalue weighted by atomic mass is 9.65. The zero-order valence-electron chi connectivity index (χ0n) is 20.2. The van der Waals surface area contributed by atoms with Gasteiger partial charge < -0.3 is 14.5 Å². The van der Waals surface area contributed by atoms with E-state index < -0.39 is 0 Å². The molecule has 2 unspecified atom stereocenters. The number of benzene rings is 2. The SMILES string of the molecule is COc1ccc(/C=C2\CC3CN4CCc5c([nH]c6ccccc56)[C@]4(C)CC3CC2=O)cc1OC. The van der Waals surface area contributed by atoms with Crippen LogP contribution in [0.5, 0.6) is 11.5 Å². The van der Waals surface area contributed by atoms with Crippen molar-refractivity contribution in [1.82, 2.24) is 9.88 Å². The summed E-state index contributed by atoms with van der Waals surface area (Å²) >= 11 is 0. The number of ether oxygens (including phenoxy) is 2. The van der Waals surface area contributed by atoms with Gasteiger partial charge in [-0.2, -0.15) is 0 Å². The van der Waals surface area contributed by atoms with Crippen LogP contribution in [0.3, 0.4) is 0 Å². The zero-order valence-corrected chi connectivity index (χ0v) is 20.2. The Bertz CT molecular complexity index is 1310. The van der Waals surface area contributed by atoms with E-state index in [0.717, 1.165) is 43.5 Å². The van der Waals surface area contributed by atoms with Crippen molar-refractivity contribution in [3.05, 3.63) is 64.9 Å². The molecule has 2 fully saturated rings. The van der Waals surface area contributed by atoms with E-state index in [0.29, 0.717) is 35.5 Å². The van der Waals surface area contributed by atoms with Gasteiger partial charge in [0, 0.05) is 36.1 Å². The van der Waals surface area contributed by atoms with Gasteiger partial charge in [-0.15, -0.1) is 0 Å². The highest BCUT2D eigenvalue weighted by atomic mass is 16.5. The van der Waals surface area contributed by atoms with Gasteiger partial charge in [-0.05, 0) is 79.0 Å². The first-order valence-electron chi connectivity index (χ1n) is 12.3.